The normalized spacial score (nSPS) is 10.5. The van der Waals surface area contributed by atoms with Crippen molar-refractivity contribution in [2.45, 2.75) is 13.8 Å². The topological polar surface area (TPSA) is 95.6 Å². The number of nitrogens with one attached hydrogen (secondary N) is 1. The smallest absolute Gasteiger partial charge is 0.296 e. The van der Waals surface area contributed by atoms with E-state index in [1.165, 1.54) is 22.8 Å². The Morgan fingerprint density at radius 1 is 1.19 bits per heavy atom. The third-order valence-electron chi connectivity index (χ3n) is 3.46. The monoisotopic (exact) mass is 401 g/mol. The van der Waals surface area contributed by atoms with Crippen LogP contribution in [0.5, 0.6) is 11.5 Å². The van der Waals surface area contributed by atoms with Gasteiger partial charge in [0.15, 0.2) is 11.5 Å². The van der Waals surface area contributed by atoms with Crippen molar-refractivity contribution >= 4 is 40.5 Å². The Morgan fingerprint density at radius 3 is 2.23 bits per heavy atom. The Labute approximate surface area is 159 Å². The van der Waals surface area contributed by atoms with Gasteiger partial charge >= 0.3 is 0 Å². The molecule has 26 heavy (non-hydrogen) atoms. The van der Waals surface area contributed by atoms with Gasteiger partial charge in [0.1, 0.15) is 16.5 Å². The van der Waals surface area contributed by atoms with Crippen LogP contribution in [0, 0.1) is 10.1 Å². The quantitative estimate of drug-likeness (QED) is 0.551. The van der Waals surface area contributed by atoms with Gasteiger partial charge in [0.2, 0.25) is 0 Å². The molecule has 2 aromatic rings. The Kier molecular flexibility index (Phi) is 6.33. The van der Waals surface area contributed by atoms with Crippen LogP contribution in [0.1, 0.15) is 24.3 Å². The van der Waals surface area contributed by atoms with Gasteiger partial charge in [-0.1, -0.05) is 23.2 Å². The van der Waals surface area contributed by atoms with E-state index >= 15 is 0 Å². The summed E-state index contributed by atoms with van der Waals surface area (Å²) in [5, 5.41) is 14.3. The number of ether oxygens (including phenoxy) is 2. The first-order valence-corrected chi connectivity index (χ1v) is 8.45. The van der Waals surface area contributed by atoms with Crippen molar-refractivity contribution in [2.24, 2.45) is 7.05 Å². The van der Waals surface area contributed by atoms with E-state index in [4.69, 9.17) is 32.7 Å². The second-order valence-corrected chi connectivity index (χ2v) is 5.89. The van der Waals surface area contributed by atoms with Crippen LogP contribution in [-0.2, 0) is 7.05 Å². The van der Waals surface area contributed by atoms with E-state index in [2.05, 4.69) is 5.32 Å². The number of aromatic nitrogens is 1. The number of hydrogen-bond acceptors (Lipinski definition) is 5. The summed E-state index contributed by atoms with van der Waals surface area (Å²) in [5.41, 5.74) is -0.196. The lowest BCUT2D eigenvalue weighted by atomic mass is 10.2. The van der Waals surface area contributed by atoms with Gasteiger partial charge < -0.3 is 19.4 Å². The maximum absolute atomic E-state index is 12.5. The molecule has 8 nitrogen and oxygen atoms in total. The largest absolute Gasteiger partial charge is 0.490 e. The van der Waals surface area contributed by atoms with Gasteiger partial charge in [-0.15, -0.1) is 0 Å². The van der Waals surface area contributed by atoms with Gasteiger partial charge in [-0.05, 0) is 19.9 Å². The maximum atomic E-state index is 12.5. The summed E-state index contributed by atoms with van der Waals surface area (Å²) < 4.78 is 12.2. The van der Waals surface area contributed by atoms with E-state index in [1.54, 1.807) is 20.9 Å². The summed E-state index contributed by atoms with van der Waals surface area (Å²) in [4.78, 5) is 23.3. The third kappa shape index (κ3) is 4.03. The van der Waals surface area contributed by atoms with Crippen LogP contribution in [0.4, 0.5) is 11.4 Å². The fourth-order valence-electron chi connectivity index (χ4n) is 2.28. The number of rotatable bonds is 7. The van der Waals surface area contributed by atoms with Crippen molar-refractivity contribution in [2.75, 3.05) is 18.5 Å². The van der Waals surface area contributed by atoms with Gasteiger partial charge in [0, 0.05) is 13.1 Å². The lowest BCUT2D eigenvalue weighted by Crippen LogP contribution is -2.16. The summed E-state index contributed by atoms with van der Waals surface area (Å²) in [6.45, 7) is 4.15. The Morgan fingerprint density at radius 2 is 1.77 bits per heavy atom. The number of nitro groups is 1. The molecule has 0 atom stereocenters. The average Bonchev–Trinajstić information content (AvgIpc) is 2.84. The molecule has 1 aromatic heterocycles. The van der Waals surface area contributed by atoms with Gasteiger partial charge in [0.05, 0.1) is 29.2 Å². The second-order valence-electron chi connectivity index (χ2n) is 5.12. The molecular formula is C16H17Cl2N3O5. The highest BCUT2D eigenvalue weighted by atomic mass is 35.5. The molecule has 0 aliphatic carbocycles. The molecular weight excluding hydrogens is 385 g/mol. The minimum Gasteiger partial charge on any atom is -0.490 e. The highest BCUT2D eigenvalue weighted by Crippen LogP contribution is 2.38. The van der Waals surface area contributed by atoms with Crippen LogP contribution in [0.2, 0.25) is 10.2 Å². The summed E-state index contributed by atoms with van der Waals surface area (Å²) in [7, 11) is 1.56. The van der Waals surface area contributed by atoms with E-state index in [9.17, 15) is 14.9 Å². The van der Waals surface area contributed by atoms with Crippen molar-refractivity contribution in [3.05, 3.63) is 44.2 Å². The van der Waals surface area contributed by atoms with Crippen LogP contribution in [0.15, 0.2) is 18.2 Å². The molecule has 0 fully saturated rings. The molecule has 0 aliphatic rings. The summed E-state index contributed by atoms with van der Waals surface area (Å²) in [6.07, 6.45) is 0. The number of nitrogens with zero attached hydrogens (tertiary/aromatic N) is 2. The standard InChI is InChI=1S/C16H17Cl2N3O5/c1-4-25-13-7-10(11(21(23)24)8-14(13)26-5-2)19-16(22)12-6-9(17)15(18)20(12)3/h6-8H,4-5H2,1-3H3,(H,19,22). The SMILES string of the molecule is CCOc1cc(NC(=O)c2cc(Cl)c(Cl)n2C)c([N+](=O)[O-])cc1OCC. The van der Waals surface area contributed by atoms with Gasteiger partial charge in [0.25, 0.3) is 11.6 Å². The van der Waals surface area contributed by atoms with Gasteiger partial charge in [-0.2, -0.15) is 0 Å². The Balaban J connectivity index is 2.46. The van der Waals surface area contributed by atoms with Crippen molar-refractivity contribution in [1.29, 1.82) is 0 Å². The fourth-order valence-corrected chi connectivity index (χ4v) is 2.66. The summed E-state index contributed by atoms with van der Waals surface area (Å²) >= 11 is 11.9. The minimum atomic E-state index is -0.612. The Hall–Kier alpha value is -2.45. The average molecular weight is 402 g/mol. The molecule has 0 aliphatic heterocycles. The molecule has 0 radical (unpaired) electrons. The van der Waals surface area contributed by atoms with Crippen molar-refractivity contribution in [3.8, 4) is 11.5 Å². The molecule has 0 bridgehead atoms. The molecule has 140 valence electrons. The van der Waals surface area contributed by atoms with E-state index < -0.39 is 10.8 Å². The predicted molar refractivity (Wildman–Crippen MR) is 98.8 cm³/mol. The van der Waals surface area contributed by atoms with Crippen molar-refractivity contribution < 1.29 is 19.2 Å². The minimum absolute atomic E-state index is 0.0275. The molecule has 1 aromatic carbocycles. The van der Waals surface area contributed by atoms with Crippen molar-refractivity contribution in [3.63, 3.8) is 0 Å². The highest BCUT2D eigenvalue weighted by molar-refractivity contribution is 6.42. The van der Waals surface area contributed by atoms with Gasteiger partial charge in [-0.3, -0.25) is 14.9 Å². The van der Waals surface area contributed by atoms with Crippen LogP contribution in [0.25, 0.3) is 0 Å². The molecule has 0 unspecified atom stereocenters. The van der Waals surface area contributed by atoms with E-state index in [-0.39, 0.29) is 38.7 Å². The molecule has 2 rings (SSSR count). The fraction of sp³-hybridized carbons (Fsp3) is 0.312. The molecule has 0 saturated heterocycles. The predicted octanol–water partition coefficient (Wildman–Crippen LogP) is 4.29. The number of amides is 1. The lowest BCUT2D eigenvalue weighted by Gasteiger charge is -2.13. The van der Waals surface area contributed by atoms with Crippen LogP contribution in [0.3, 0.4) is 0 Å². The zero-order chi connectivity index (χ0) is 19.4. The van der Waals surface area contributed by atoms with E-state index in [1.807, 2.05) is 0 Å². The first-order valence-electron chi connectivity index (χ1n) is 7.70. The first kappa shape index (κ1) is 19.9. The van der Waals surface area contributed by atoms with Crippen LogP contribution >= 0.6 is 23.2 Å². The molecule has 0 spiro atoms. The number of carbonyl (C=O) groups excluding carboxylic acids is 1. The number of carbonyl (C=O) groups is 1. The first-order chi connectivity index (χ1) is 12.3. The summed E-state index contributed by atoms with van der Waals surface area (Å²) in [5.74, 6) is -0.0850. The summed E-state index contributed by atoms with van der Waals surface area (Å²) in [6, 6.07) is 3.95. The second kappa shape index (κ2) is 8.29. The van der Waals surface area contributed by atoms with Gasteiger partial charge in [-0.25, -0.2) is 0 Å². The third-order valence-corrected chi connectivity index (χ3v) is 4.30. The number of nitro benzene ring substituents is 1. The number of benzene rings is 1. The van der Waals surface area contributed by atoms with Crippen LogP contribution < -0.4 is 14.8 Å². The number of halogens is 2. The molecule has 10 heteroatoms. The van der Waals surface area contributed by atoms with Crippen LogP contribution in [-0.4, -0.2) is 28.6 Å². The zero-order valence-corrected chi connectivity index (χ0v) is 15.8. The van der Waals surface area contributed by atoms with E-state index in [0.29, 0.717) is 13.2 Å². The molecule has 1 N–H and O–H groups in total. The number of hydrogen-bond donors (Lipinski definition) is 1. The van der Waals surface area contributed by atoms with E-state index in [0.717, 1.165) is 0 Å². The molecule has 1 heterocycles. The molecule has 1 amide bonds. The maximum Gasteiger partial charge on any atom is 0.296 e. The Bertz CT molecular complexity index is 851. The number of anilines is 1. The molecule has 0 saturated carbocycles. The lowest BCUT2D eigenvalue weighted by molar-refractivity contribution is -0.384. The van der Waals surface area contributed by atoms with Crippen molar-refractivity contribution in [1.82, 2.24) is 4.57 Å². The highest BCUT2D eigenvalue weighted by Gasteiger charge is 2.24. The zero-order valence-electron chi connectivity index (χ0n) is 14.3.